The van der Waals surface area contributed by atoms with Crippen molar-refractivity contribution in [3.63, 3.8) is 0 Å². The molecule has 58 valence electrons. The SMILES string of the molecule is CCSC1CC(=O)C(C)C1. The largest absolute Gasteiger partial charge is 0.299 e. The van der Waals surface area contributed by atoms with Crippen LogP contribution in [0.5, 0.6) is 0 Å². The average Bonchev–Trinajstić information content (AvgIpc) is 2.14. The fraction of sp³-hybridized carbons (Fsp3) is 0.875. The molecule has 2 heteroatoms. The van der Waals surface area contributed by atoms with Crippen molar-refractivity contribution in [1.82, 2.24) is 0 Å². The molecule has 0 heterocycles. The van der Waals surface area contributed by atoms with E-state index >= 15 is 0 Å². The number of thioether (sulfide) groups is 1. The second kappa shape index (κ2) is 3.42. The van der Waals surface area contributed by atoms with Gasteiger partial charge in [-0.05, 0) is 12.2 Å². The highest BCUT2D eigenvalue weighted by molar-refractivity contribution is 7.99. The summed E-state index contributed by atoms with van der Waals surface area (Å²) in [6, 6.07) is 0. The summed E-state index contributed by atoms with van der Waals surface area (Å²) in [7, 11) is 0. The van der Waals surface area contributed by atoms with Crippen LogP contribution in [-0.2, 0) is 4.79 Å². The lowest BCUT2D eigenvalue weighted by Crippen LogP contribution is -1.98. The first-order valence-electron chi connectivity index (χ1n) is 3.88. The van der Waals surface area contributed by atoms with E-state index in [2.05, 4.69) is 6.92 Å². The van der Waals surface area contributed by atoms with Gasteiger partial charge >= 0.3 is 0 Å². The number of rotatable bonds is 2. The van der Waals surface area contributed by atoms with Crippen LogP contribution >= 0.6 is 11.8 Å². The molecule has 0 saturated heterocycles. The minimum atomic E-state index is 0.337. The Kier molecular flexibility index (Phi) is 2.78. The van der Waals surface area contributed by atoms with E-state index in [0.29, 0.717) is 17.0 Å². The zero-order chi connectivity index (χ0) is 7.56. The molecule has 0 aliphatic heterocycles. The molecule has 1 aliphatic rings. The van der Waals surface area contributed by atoms with Gasteiger partial charge in [0.25, 0.3) is 0 Å². The molecule has 2 atom stereocenters. The van der Waals surface area contributed by atoms with Gasteiger partial charge in [-0.1, -0.05) is 13.8 Å². The Bertz CT molecular complexity index is 133. The van der Waals surface area contributed by atoms with Gasteiger partial charge in [-0.2, -0.15) is 11.8 Å². The van der Waals surface area contributed by atoms with E-state index in [1.165, 1.54) is 0 Å². The van der Waals surface area contributed by atoms with Gasteiger partial charge in [0.15, 0.2) is 0 Å². The molecule has 0 bridgehead atoms. The number of ketones is 1. The van der Waals surface area contributed by atoms with Gasteiger partial charge in [0.2, 0.25) is 0 Å². The van der Waals surface area contributed by atoms with Crippen molar-refractivity contribution in [1.29, 1.82) is 0 Å². The van der Waals surface area contributed by atoms with Crippen LogP contribution in [0.1, 0.15) is 26.7 Å². The van der Waals surface area contributed by atoms with Gasteiger partial charge in [0, 0.05) is 17.6 Å². The second-order valence-corrected chi connectivity index (χ2v) is 4.46. The molecular weight excluding hydrogens is 144 g/mol. The van der Waals surface area contributed by atoms with Gasteiger partial charge in [-0.25, -0.2) is 0 Å². The molecule has 0 aromatic heterocycles. The Hall–Kier alpha value is 0.0200. The highest BCUT2D eigenvalue weighted by Gasteiger charge is 2.28. The molecule has 0 aromatic carbocycles. The Morgan fingerprint density at radius 2 is 2.40 bits per heavy atom. The summed E-state index contributed by atoms with van der Waals surface area (Å²) >= 11 is 1.93. The first-order chi connectivity index (χ1) is 4.74. The van der Waals surface area contributed by atoms with Crippen molar-refractivity contribution in [3.05, 3.63) is 0 Å². The standard InChI is InChI=1S/C8H14OS/c1-3-10-7-4-6(2)8(9)5-7/h6-7H,3-5H2,1-2H3. The Labute approximate surface area is 66.6 Å². The summed E-state index contributed by atoms with van der Waals surface area (Å²) in [6.07, 6.45) is 1.93. The molecule has 10 heavy (non-hydrogen) atoms. The third kappa shape index (κ3) is 1.75. The maximum Gasteiger partial charge on any atom is 0.136 e. The summed E-state index contributed by atoms with van der Waals surface area (Å²) < 4.78 is 0. The monoisotopic (exact) mass is 158 g/mol. The molecule has 0 spiro atoms. The Morgan fingerprint density at radius 3 is 2.80 bits per heavy atom. The predicted octanol–water partition coefficient (Wildman–Crippen LogP) is 2.11. The Morgan fingerprint density at radius 1 is 1.70 bits per heavy atom. The van der Waals surface area contributed by atoms with Crippen LogP contribution in [0.2, 0.25) is 0 Å². The molecule has 1 nitrogen and oxygen atoms in total. The number of hydrogen-bond donors (Lipinski definition) is 0. The smallest absolute Gasteiger partial charge is 0.136 e. The van der Waals surface area contributed by atoms with E-state index in [9.17, 15) is 4.79 Å². The van der Waals surface area contributed by atoms with E-state index in [-0.39, 0.29) is 0 Å². The lowest BCUT2D eigenvalue weighted by atomic mass is 10.1. The van der Waals surface area contributed by atoms with Crippen molar-refractivity contribution in [2.24, 2.45) is 5.92 Å². The van der Waals surface area contributed by atoms with Crippen molar-refractivity contribution in [2.45, 2.75) is 31.9 Å². The molecule has 0 N–H and O–H groups in total. The van der Waals surface area contributed by atoms with Gasteiger partial charge in [0.1, 0.15) is 5.78 Å². The highest BCUT2D eigenvalue weighted by atomic mass is 32.2. The first-order valence-corrected chi connectivity index (χ1v) is 4.93. The van der Waals surface area contributed by atoms with E-state index in [0.717, 1.165) is 18.6 Å². The number of carbonyl (C=O) groups excluding carboxylic acids is 1. The van der Waals surface area contributed by atoms with Crippen LogP contribution in [-0.4, -0.2) is 16.8 Å². The predicted molar refractivity (Wildman–Crippen MR) is 45.3 cm³/mol. The zero-order valence-electron chi connectivity index (χ0n) is 6.59. The van der Waals surface area contributed by atoms with Crippen molar-refractivity contribution >= 4 is 17.5 Å². The molecular formula is C8H14OS. The van der Waals surface area contributed by atoms with Crippen LogP contribution < -0.4 is 0 Å². The first kappa shape index (κ1) is 8.12. The summed E-state index contributed by atoms with van der Waals surface area (Å²) in [6.45, 7) is 4.19. The summed E-state index contributed by atoms with van der Waals surface area (Å²) in [5, 5.41) is 0.632. The van der Waals surface area contributed by atoms with Gasteiger partial charge in [-0.15, -0.1) is 0 Å². The van der Waals surface area contributed by atoms with E-state index in [4.69, 9.17) is 0 Å². The molecule has 1 saturated carbocycles. The normalized spacial score (nSPS) is 33.2. The number of hydrogen-bond acceptors (Lipinski definition) is 2. The van der Waals surface area contributed by atoms with Crippen LogP contribution in [0.25, 0.3) is 0 Å². The third-order valence-electron chi connectivity index (χ3n) is 2.00. The fourth-order valence-corrected chi connectivity index (χ4v) is 2.58. The molecule has 0 aromatic rings. The van der Waals surface area contributed by atoms with Crippen molar-refractivity contribution < 1.29 is 4.79 Å². The molecule has 1 rings (SSSR count). The summed E-state index contributed by atoms with van der Waals surface area (Å²) in [4.78, 5) is 11.0. The van der Waals surface area contributed by atoms with E-state index in [1.54, 1.807) is 0 Å². The van der Waals surface area contributed by atoms with Crippen molar-refractivity contribution in [2.75, 3.05) is 5.75 Å². The molecule has 0 radical (unpaired) electrons. The Balaban J connectivity index is 2.34. The lowest BCUT2D eigenvalue weighted by Gasteiger charge is -2.03. The summed E-state index contributed by atoms with van der Waals surface area (Å²) in [5.74, 6) is 1.94. The fourth-order valence-electron chi connectivity index (χ4n) is 1.40. The highest BCUT2D eigenvalue weighted by Crippen LogP contribution is 2.30. The number of Topliss-reactive ketones (excluding diaryl/α,β-unsaturated/α-hetero) is 1. The minimum Gasteiger partial charge on any atom is -0.299 e. The quantitative estimate of drug-likeness (QED) is 0.612. The second-order valence-electron chi connectivity index (χ2n) is 2.88. The lowest BCUT2D eigenvalue weighted by molar-refractivity contribution is -0.120. The van der Waals surface area contributed by atoms with Crippen LogP contribution in [0.15, 0.2) is 0 Å². The molecule has 0 amide bonds. The van der Waals surface area contributed by atoms with Gasteiger partial charge < -0.3 is 0 Å². The van der Waals surface area contributed by atoms with E-state index < -0.39 is 0 Å². The minimum absolute atomic E-state index is 0.337. The van der Waals surface area contributed by atoms with Crippen LogP contribution in [0.4, 0.5) is 0 Å². The van der Waals surface area contributed by atoms with Crippen LogP contribution in [0, 0.1) is 5.92 Å². The maximum absolute atomic E-state index is 11.0. The maximum atomic E-state index is 11.0. The molecule has 1 fully saturated rings. The zero-order valence-corrected chi connectivity index (χ0v) is 7.41. The van der Waals surface area contributed by atoms with E-state index in [1.807, 2.05) is 18.7 Å². The number of carbonyl (C=O) groups is 1. The van der Waals surface area contributed by atoms with Gasteiger partial charge in [-0.3, -0.25) is 4.79 Å². The average molecular weight is 158 g/mol. The topological polar surface area (TPSA) is 17.1 Å². The third-order valence-corrected chi connectivity index (χ3v) is 3.16. The molecule has 2 unspecified atom stereocenters. The van der Waals surface area contributed by atoms with Crippen LogP contribution in [0.3, 0.4) is 0 Å². The van der Waals surface area contributed by atoms with Gasteiger partial charge in [0.05, 0.1) is 0 Å². The molecule has 1 aliphatic carbocycles. The van der Waals surface area contributed by atoms with Crippen molar-refractivity contribution in [3.8, 4) is 0 Å². The summed E-state index contributed by atoms with van der Waals surface area (Å²) in [5.41, 5.74) is 0.